The summed E-state index contributed by atoms with van der Waals surface area (Å²) in [6.45, 7) is 0. The van der Waals surface area contributed by atoms with Gasteiger partial charge in [0.1, 0.15) is 0 Å². The van der Waals surface area contributed by atoms with Crippen LogP contribution < -0.4 is 0 Å². The number of thioether (sulfide) groups is 1. The van der Waals surface area contributed by atoms with Gasteiger partial charge >= 0.3 is 6.00 Å². The molecule has 0 saturated heterocycles. The minimum atomic E-state index is -2.77. The van der Waals surface area contributed by atoms with Crippen LogP contribution >= 0.6 is 68.2 Å². The number of hydrogen-bond donors (Lipinski definition) is 0. The summed E-state index contributed by atoms with van der Waals surface area (Å²) in [6.07, 6.45) is 1.68. The minimum Gasteiger partial charge on any atom is -0.127 e. The molecule has 0 aliphatic rings. The average molecular weight is 381 g/mol. The van der Waals surface area contributed by atoms with Gasteiger partial charge in [0, 0.05) is 15.8 Å². The molecule has 0 aliphatic heterocycles. The van der Waals surface area contributed by atoms with E-state index in [1.807, 2.05) is 24.3 Å². The van der Waals surface area contributed by atoms with Crippen molar-refractivity contribution in [1.29, 1.82) is 0 Å². The van der Waals surface area contributed by atoms with Crippen LogP contribution in [0.5, 0.6) is 0 Å². The predicted octanol–water partition coefficient (Wildman–Crippen LogP) is 6.53. The number of hydrogen-bond acceptors (Lipinski definition) is 1. The third-order valence-electron chi connectivity index (χ3n) is 1.94. The van der Waals surface area contributed by atoms with Crippen molar-refractivity contribution in [2.75, 3.05) is 5.88 Å². The van der Waals surface area contributed by atoms with E-state index in [9.17, 15) is 0 Å². The van der Waals surface area contributed by atoms with Crippen molar-refractivity contribution in [3.8, 4) is 0 Å². The van der Waals surface area contributed by atoms with Crippen LogP contribution in [0, 0.1) is 0 Å². The molecule has 0 saturated carbocycles. The first-order chi connectivity index (χ1) is 8.40. The normalized spacial score (nSPS) is 12.8. The summed E-state index contributed by atoms with van der Waals surface area (Å²) in [4.78, 5) is 2.12. The van der Waals surface area contributed by atoms with E-state index in [2.05, 4.69) is 0 Å². The molecule has 7 heteroatoms. The lowest BCUT2D eigenvalue weighted by atomic mass is 10.3. The van der Waals surface area contributed by atoms with Gasteiger partial charge in [-0.1, -0.05) is 23.4 Å². The maximum absolute atomic E-state index is 5.92. The maximum atomic E-state index is 5.92. The average Bonchev–Trinajstić information content (AvgIpc) is 2.27. The third-order valence-corrected chi connectivity index (χ3v) is 5.42. The standard InChI is InChI=1S/C11H11Cl5SSi/c12-7-1-2-11(8-18(14,15)16)17-10-5-3-9(13)4-6-10/h3-6,8H,1-2,7H2/b11-8-. The first kappa shape index (κ1) is 17.0. The van der Waals surface area contributed by atoms with Gasteiger partial charge in [-0.15, -0.1) is 44.8 Å². The fourth-order valence-corrected chi connectivity index (χ4v) is 5.35. The Morgan fingerprint density at radius 3 is 2.28 bits per heavy atom. The van der Waals surface area contributed by atoms with Crippen LogP contribution in [0.3, 0.4) is 0 Å². The Hall–Kier alpha value is 0.977. The molecule has 0 aliphatic carbocycles. The zero-order chi connectivity index (χ0) is 13.6. The van der Waals surface area contributed by atoms with Gasteiger partial charge in [-0.25, -0.2) is 0 Å². The predicted molar refractivity (Wildman–Crippen MR) is 88.7 cm³/mol. The van der Waals surface area contributed by atoms with E-state index < -0.39 is 6.00 Å². The molecule has 1 rings (SSSR count). The zero-order valence-electron chi connectivity index (χ0n) is 9.31. The summed E-state index contributed by atoms with van der Waals surface area (Å²) in [5.74, 6) is 0.597. The van der Waals surface area contributed by atoms with E-state index in [1.165, 1.54) is 0 Å². The summed E-state index contributed by atoms with van der Waals surface area (Å²) in [5, 5.41) is 0.710. The van der Waals surface area contributed by atoms with Crippen LogP contribution in [-0.2, 0) is 0 Å². The SMILES string of the molecule is ClCCC/C(=C/[Si](Cl)(Cl)Cl)Sc1ccc(Cl)cc1. The summed E-state index contributed by atoms with van der Waals surface area (Å²) >= 11 is 30.9. The highest BCUT2D eigenvalue weighted by atomic mass is 35.8. The fourth-order valence-electron chi connectivity index (χ4n) is 1.23. The van der Waals surface area contributed by atoms with Gasteiger partial charge in [0.2, 0.25) is 0 Å². The monoisotopic (exact) mass is 378 g/mol. The first-order valence-corrected chi connectivity index (χ1v) is 12.0. The van der Waals surface area contributed by atoms with Crippen molar-refractivity contribution in [3.05, 3.63) is 39.9 Å². The fraction of sp³-hybridized carbons (Fsp3) is 0.273. The molecule has 100 valence electrons. The summed E-state index contributed by atoms with van der Waals surface area (Å²) in [7, 11) is 0. The van der Waals surface area contributed by atoms with Gasteiger partial charge in [0.25, 0.3) is 0 Å². The van der Waals surface area contributed by atoms with Gasteiger partial charge in [0.05, 0.1) is 0 Å². The second-order valence-electron chi connectivity index (χ2n) is 3.50. The zero-order valence-corrected chi connectivity index (χ0v) is 14.9. The highest BCUT2D eigenvalue weighted by Gasteiger charge is 2.22. The molecule has 1 aromatic rings. The van der Waals surface area contributed by atoms with Crippen molar-refractivity contribution >= 4 is 74.2 Å². The molecule has 0 unspecified atom stereocenters. The van der Waals surface area contributed by atoms with Gasteiger partial charge < -0.3 is 0 Å². The van der Waals surface area contributed by atoms with E-state index in [0.29, 0.717) is 10.9 Å². The number of allylic oxidation sites excluding steroid dienone is 1. The van der Waals surface area contributed by atoms with Crippen LogP contribution in [0.15, 0.2) is 39.8 Å². The molecule has 0 N–H and O–H groups in total. The van der Waals surface area contributed by atoms with Crippen LogP contribution in [0.4, 0.5) is 0 Å². The van der Waals surface area contributed by atoms with Gasteiger partial charge in [0.15, 0.2) is 0 Å². The molecule has 1 aromatic carbocycles. The Bertz CT molecular complexity index is 399. The van der Waals surface area contributed by atoms with Crippen molar-refractivity contribution in [1.82, 2.24) is 0 Å². The Balaban J connectivity index is 2.78. The second-order valence-corrected chi connectivity index (χ2v) is 14.0. The highest BCUT2D eigenvalue weighted by molar-refractivity contribution is 8.03. The first-order valence-electron chi connectivity index (χ1n) is 5.18. The van der Waals surface area contributed by atoms with E-state index in [0.717, 1.165) is 22.6 Å². The molecule has 18 heavy (non-hydrogen) atoms. The molecule has 0 heterocycles. The third kappa shape index (κ3) is 7.54. The molecule has 0 amide bonds. The summed E-state index contributed by atoms with van der Waals surface area (Å²) in [5.41, 5.74) is 1.77. The molecular formula is C11H11Cl5SSi. The maximum Gasteiger partial charge on any atom is 0.366 e. The van der Waals surface area contributed by atoms with Crippen LogP contribution in [-0.4, -0.2) is 11.9 Å². The topological polar surface area (TPSA) is 0 Å². The smallest absolute Gasteiger partial charge is 0.127 e. The lowest BCUT2D eigenvalue weighted by Crippen LogP contribution is -2.05. The van der Waals surface area contributed by atoms with Crippen LogP contribution in [0.1, 0.15) is 12.8 Å². The van der Waals surface area contributed by atoms with Crippen LogP contribution in [0.25, 0.3) is 0 Å². The van der Waals surface area contributed by atoms with E-state index in [-0.39, 0.29) is 0 Å². The molecule has 0 spiro atoms. The lowest BCUT2D eigenvalue weighted by Gasteiger charge is -2.09. The minimum absolute atomic E-state index is 0.597. The molecule has 0 atom stereocenters. The number of benzene rings is 1. The Morgan fingerprint density at radius 2 is 1.78 bits per heavy atom. The van der Waals surface area contributed by atoms with Gasteiger partial charge in [-0.2, -0.15) is 0 Å². The Labute approximate surface area is 137 Å². The highest BCUT2D eigenvalue weighted by Crippen LogP contribution is 2.34. The number of alkyl halides is 1. The second kappa shape index (κ2) is 8.31. The van der Waals surface area contributed by atoms with Crippen LogP contribution in [0.2, 0.25) is 5.02 Å². The Kier molecular flexibility index (Phi) is 7.86. The van der Waals surface area contributed by atoms with Crippen molar-refractivity contribution in [2.45, 2.75) is 17.7 Å². The molecular weight excluding hydrogens is 370 g/mol. The van der Waals surface area contributed by atoms with E-state index in [4.69, 9.17) is 56.4 Å². The molecule has 0 fully saturated rings. The quantitative estimate of drug-likeness (QED) is 0.234. The molecule has 0 radical (unpaired) electrons. The van der Waals surface area contributed by atoms with Crippen molar-refractivity contribution in [2.24, 2.45) is 0 Å². The Morgan fingerprint density at radius 1 is 1.17 bits per heavy atom. The van der Waals surface area contributed by atoms with E-state index >= 15 is 0 Å². The summed E-state index contributed by atoms with van der Waals surface area (Å²) < 4.78 is 0. The number of rotatable bonds is 6. The summed E-state index contributed by atoms with van der Waals surface area (Å²) in [6, 6.07) is 4.81. The number of halogens is 5. The molecule has 0 nitrogen and oxygen atoms in total. The van der Waals surface area contributed by atoms with Gasteiger partial charge in [-0.3, -0.25) is 0 Å². The lowest BCUT2D eigenvalue weighted by molar-refractivity contribution is 0.956. The largest absolute Gasteiger partial charge is 0.366 e. The molecule has 0 aromatic heterocycles. The van der Waals surface area contributed by atoms with E-state index in [1.54, 1.807) is 17.5 Å². The molecule has 0 bridgehead atoms. The van der Waals surface area contributed by atoms with Crippen molar-refractivity contribution < 1.29 is 0 Å². The van der Waals surface area contributed by atoms with Crippen molar-refractivity contribution in [3.63, 3.8) is 0 Å². The van der Waals surface area contributed by atoms with Gasteiger partial charge in [-0.05, 0) is 47.7 Å².